The molecule has 1 aromatic carbocycles. The highest BCUT2D eigenvalue weighted by molar-refractivity contribution is 5.88. The Morgan fingerprint density at radius 1 is 1.04 bits per heavy atom. The summed E-state index contributed by atoms with van der Waals surface area (Å²) in [5, 5.41) is 0. The van der Waals surface area contributed by atoms with E-state index in [2.05, 4.69) is 9.88 Å². The first-order chi connectivity index (χ1) is 12.6. The number of hydrogen-bond donors (Lipinski definition) is 0. The van der Waals surface area contributed by atoms with Gasteiger partial charge in [-0.25, -0.2) is 4.98 Å². The Hall–Kier alpha value is -2.76. The summed E-state index contributed by atoms with van der Waals surface area (Å²) < 4.78 is 10.8. The van der Waals surface area contributed by atoms with Crippen molar-refractivity contribution in [2.75, 3.05) is 37.9 Å². The van der Waals surface area contributed by atoms with Crippen LogP contribution >= 0.6 is 0 Å². The molecule has 0 spiro atoms. The zero-order chi connectivity index (χ0) is 18.1. The van der Waals surface area contributed by atoms with Crippen molar-refractivity contribution in [3.8, 4) is 11.5 Å². The summed E-state index contributed by atoms with van der Waals surface area (Å²) in [5.41, 5.74) is 0.327. The predicted molar refractivity (Wildman–Crippen MR) is 98.6 cm³/mol. The lowest BCUT2D eigenvalue weighted by Gasteiger charge is -2.39. The number of rotatable bonds is 3. The minimum Gasteiger partial charge on any atom is -0.454 e. The number of ether oxygens (including phenoxy) is 2. The van der Waals surface area contributed by atoms with Crippen molar-refractivity contribution in [3.63, 3.8) is 0 Å². The molecule has 0 unspecified atom stereocenters. The molecule has 0 radical (unpaired) electrons. The molecule has 1 saturated heterocycles. The van der Waals surface area contributed by atoms with Crippen molar-refractivity contribution < 1.29 is 14.3 Å². The van der Waals surface area contributed by atoms with Crippen LogP contribution in [0.4, 0.5) is 5.82 Å². The number of pyridine rings is 1. The number of piperazine rings is 1. The van der Waals surface area contributed by atoms with Gasteiger partial charge in [0.25, 0.3) is 0 Å². The fourth-order valence-corrected chi connectivity index (χ4v) is 3.48. The van der Waals surface area contributed by atoms with Crippen LogP contribution in [0.25, 0.3) is 0 Å². The summed E-state index contributed by atoms with van der Waals surface area (Å²) in [6.45, 7) is 7.16. The van der Waals surface area contributed by atoms with Crippen LogP contribution in [0.15, 0.2) is 42.6 Å². The van der Waals surface area contributed by atoms with Gasteiger partial charge in [-0.2, -0.15) is 0 Å². The molecule has 3 heterocycles. The largest absolute Gasteiger partial charge is 0.454 e. The van der Waals surface area contributed by atoms with Gasteiger partial charge in [0.15, 0.2) is 11.5 Å². The zero-order valence-corrected chi connectivity index (χ0v) is 15.1. The summed E-state index contributed by atoms with van der Waals surface area (Å²) in [6, 6.07) is 11.7. The van der Waals surface area contributed by atoms with E-state index in [4.69, 9.17) is 9.47 Å². The number of carbonyl (C=O) groups is 1. The number of carbonyl (C=O) groups excluding carboxylic acids is 1. The van der Waals surface area contributed by atoms with E-state index < -0.39 is 5.41 Å². The molecule has 0 aliphatic carbocycles. The van der Waals surface area contributed by atoms with Gasteiger partial charge in [0, 0.05) is 32.4 Å². The summed E-state index contributed by atoms with van der Waals surface area (Å²) in [4.78, 5) is 21.8. The maximum atomic E-state index is 13.2. The number of amides is 1. The third kappa shape index (κ3) is 2.96. The second-order valence-corrected chi connectivity index (χ2v) is 7.16. The first-order valence-electron chi connectivity index (χ1n) is 8.91. The number of aromatic nitrogens is 1. The molecule has 136 valence electrons. The molecule has 4 rings (SSSR count). The van der Waals surface area contributed by atoms with Crippen molar-refractivity contribution >= 4 is 11.7 Å². The van der Waals surface area contributed by atoms with Gasteiger partial charge in [-0.15, -0.1) is 0 Å². The maximum absolute atomic E-state index is 13.2. The Morgan fingerprint density at radius 3 is 2.54 bits per heavy atom. The standard InChI is InChI=1S/C20H23N3O3/c1-20(2,15-6-7-16-17(13-15)26-14-25-16)19(24)23-11-9-22(10-12-23)18-5-3-4-8-21-18/h3-8,13H,9-12,14H2,1-2H3. The van der Waals surface area contributed by atoms with Crippen LogP contribution in [0.2, 0.25) is 0 Å². The SMILES string of the molecule is CC(C)(C(=O)N1CCN(c2ccccn2)CC1)c1ccc2c(c1)OCO2. The summed E-state index contributed by atoms with van der Waals surface area (Å²) in [6.07, 6.45) is 1.80. The van der Waals surface area contributed by atoms with E-state index in [1.165, 1.54) is 0 Å². The molecule has 1 amide bonds. The highest BCUT2D eigenvalue weighted by Crippen LogP contribution is 2.37. The maximum Gasteiger partial charge on any atom is 0.232 e. The van der Waals surface area contributed by atoms with Crippen LogP contribution in [0.5, 0.6) is 11.5 Å². The van der Waals surface area contributed by atoms with Crippen molar-refractivity contribution in [2.45, 2.75) is 19.3 Å². The molecule has 26 heavy (non-hydrogen) atoms. The molecule has 0 atom stereocenters. The predicted octanol–water partition coefficient (Wildman–Crippen LogP) is 2.44. The first-order valence-corrected chi connectivity index (χ1v) is 8.91. The topological polar surface area (TPSA) is 54.9 Å². The smallest absolute Gasteiger partial charge is 0.232 e. The van der Waals surface area contributed by atoms with Crippen LogP contribution in [0.1, 0.15) is 19.4 Å². The van der Waals surface area contributed by atoms with Gasteiger partial charge >= 0.3 is 0 Å². The summed E-state index contributed by atoms with van der Waals surface area (Å²) in [7, 11) is 0. The Bertz CT molecular complexity index is 799. The van der Waals surface area contributed by atoms with E-state index in [1.807, 2.05) is 55.1 Å². The summed E-state index contributed by atoms with van der Waals surface area (Å²) in [5.74, 6) is 2.55. The molecular weight excluding hydrogens is 330 g/mol. The Morgan fingerprint density at radius 2 is 1.81 bits per heavy atom. The minimum absolute atomic E-state index is 0.136. The normalized spacial score (nSPS) is 16.7. The van der Waals surface area contributed by atoms with Gasteiger partial charge in [0.05, 0.1) is 5.41 Å². The average Bonchev–Trinajstić information content (AvgIpc) is 3.16. The quantitative estimate of drug-likeness (QED) is 0.848. The number of fused-ring (bicyclic) bond motifs is 1. The second kappa shape index (κ2) is 6.52. The Balaban J connectivity index is 1.46. The highest BCUT2D eigenvalue weighted by atomic mass is 16.7. The van der Waals surface area contributed by atoms with E-state index in [0.717, 1.165) is 30.2 Å². The fraction of sp³-hybridized carbons (Fsp3) is 0.400. The molecule has 1 aromatic heterocycles. The fourth-order valence-electron chi connectivity index (χ4n) is 3.48. The lowest BCUT2D eigenvalue weighted by Crippen LogP contribution is -2.53. The number of anilines is 1. The molecule has 0 bridgehead atoms. The number of benzene rings is 1. The summed E-state index contributed by atoms with van der Waals surface area (Å²) >= 11 is 0. The molecular formula is C20H23N3O3. The molecule has 6 heteroatoms. The Labute approximate surface area is 153 Å². The van der Waals surface area contributed by atoms with Gasteiger partial charge in [-0.1, -0.05) is 12.1 Å². The van der Waals surface area contributed by atoms with Crippen LogP contribution in [-0.4, -0.2) is 48.8 Å². The zero-order valence-electron chi connectivity index (χ0n) is 15.1. The van der Waals surface area contributed by atoms with Crippen molar-refractivity contribution in [1.29, 1.82) is 0 Å². The average molecular weight is 353 g/mol. The lowest BCUT2D eigenvalue weighted by atomic mass is 9.82. The van der Waals surface area contributed by atoms with Gasteiger partial charge < -0.3 is 19.3 Å². The van der Waals surface area contributed by atoms with E-state index in [1.54, 1.807) is 6.20 Å². The van der Waals surface area contributed by atoms with E-state index in [-0.39, 0.29) is 12.7 Å². The minimum atomic E-state index is -0.617. The number of nitrogens with zero attached hydrogens (tertiary/aromatic N) is 3. The van der Waals surface area contributed by atoms with Crippen LogP contribution in [0, 0.1) is 0 Å². The monoisotopic (exact) mass is 353 g/mol. The molecule has 0 saturated carbocycles. The molecule has 1 fully saturated rings. The molecule has 0 N–H and O–H groups in total. The molecule has 2 aromatic rings. The molecule has 2 aliphatic rings. The van der Waals surface area contributed by atoms with Crippen LogP contribution in [-0.2, 0) is 10.2 Å². The molecule has 6 nitrogen and oxygen atoms in total. The van der Waals surface area contributed by atoms with Crippen LogP contribution in [0.3, 0.4) is 0 Å². The van der Waals surface area contributed by atoms with Crippen LogP contribution < -0.4 is 14.4 Å². The van der Waals surface area contributed by atoms with Crippen molar-refractivity contribution in [2.24, 2.45) is 0 Å². The van der Waals surface area contributed by atoms with E-state index in [9.17, 15) is 4.79 Å². The van der Waals surface area contributed by atoms with Gasteiger partial charge in [-0.3, -0.25) is 4.79 Å². The van der Waals surface area contributed by atoms with Crippen molar-refractivity contribution in [1.82, 2.24) is 9.88 Å². The van der Waals surface area contributed by atoms with Gasteiger partial charge in [0.1, 0.15) is 5.82 Å². The van der Waals surface area contributed by atoms with E-state index >= 15 is 0 Å². The van der Waals surface area contributed by atoms with Gasteiger partial charge in [0.2, 0.25) is 12.7 Å². The lowest BCUT2D eigenvalue weighted by molar-refractivity contribution is -0.136. The third-order valence-corrected chi connectivity index (χ3v) is 5.17. The molecule has 2 aliphatic heterocycles. The third-order valence-electron chi connectivity index (χ3n) is 5.17. The second-order valence-electron chi connectivity index (χ2n) is 7.16. The first kappa shape index (κ1) is 16.7. The highest BCUT2D eigenvalue weighted by Gasteiger charge is 2.36. The van der Waals surface area contributed by atoms with Gasteiger partial charge in [-0.05, 0) is 43.7 Å². The Kier molecular flexibility index (Phi) is 4.18. The van der Waals surface area contributed by atoms with Crippen molar-refractivity contribution in [3.05, 3.63) is 48.2 Å². The van der Waals surface area contributed by atoms with E-state index in [0.29, 0.717) is 18.8 Å². The number of hydrogen-bond acceptors (Lipinski definition) is 5.